The van der Waals surface area contributed by atoms with E-state index < -0.39 is 28.2 Å². The summed E-state index contributed by atoms with van der Waals surface area (Å²) in [4.78, 5) is 42.1. The zero-order valence-electron chi connectivity index (χ0n) is 61.4. The van der Waals surface area contributed by atoms with Crippen LogP contribution in [0.4, 0.5) is 9.59 Å². The number of nitrogens with zero attached hydrogens (tertiary/aromatic N) is 2. The Hall–Kier alpha value is -4.12. The number of fused-ring (bicyclic) bond motifs is 2. The van der Waals surface area contributed by atoms with Gasteiger partial charge in [0.05, 0.1) is 57.1 Å². The number of likely N-dealkylation sites (N-methyl/N-ethyl adjacent to an activating group) is 1. The zero-order valence-corrected chi connectivity index (χ0v) is 62.2. The molecule has 0 bridgehead atoms. The van der Waals surface area contributed by atoms with E-state index in [2.05, 4.69) is 79.5 Å². The molecule has 16 heteroatoms. The minimum atomic E-state index is -4.29. The summed E-state index contributed by atoms with van der Waals surface area (Å²) in [6, 6.07) is 0. The van der Waals surface area contributed by atoms with Crippen LogP contribution in [0.2, 0.25) is 0 Å². The first-order valence-corrected chi connectivity index (χ1v) is 37.9. The highest BCUT2D eigenvalue weighted by atomic mass is 32.2. The summed E-state index contributed by atoms with van der Waals surface area (Å²) >= 11 is 0. The molecule has 0 spiro atoms. The van der Waals surface area contributed by atoms with Crippen LogP contribution in [0.5, 0.6) is 23.0 Å². The number of hydrogen-bond acceptors (Lipinski definition) is 13. The van der Waals surface area contributed by atoms with E-state index in [0.29, 0.717) is 79.9 Å². The first-order chi connectivity index (χ1) is 43.2. The summed E-state index contributed by atoms with van der Waals surface area (Å²) in [7, 11) is -0.425. The zero-order chi connectivity index (χ0) is 68.4. The number of carbonyl (C=O) groups excluding carboxylic acids is 3. The topological polar surface area (TPSA) is 179 Å². The monoisotopic (exact) mass is 1310 g/mol. The number of carbonyl (C=O) groups is 3. The van der Waals surface area contributed by atoms with Gasteiger partial charge in [-0.25, -0.2) is 18.0 Å². The summed E-state index contributed by atoms with van der Waals surface area (Å²) in [5, 5.41) is 2.99. The maximum atomic E-state index is 13.4. The molecule has 1 amide bonds. The van der Waals surface area contributed by atoms with E-state index in [1.54, 1.807) is 0 Å². The van der Waals surface area contributed by atoms with Gasteiger partial charge in [0, 0.05) is 49.4 Å². The van der Waals surface area contributed by atoms with Crippen molar-refractivity contribution in [2.24, 2.45) is 35.5 Å². The van der Waals surface area contributed by atoms with Crippen LogP contribution in [-0.4, -0.2) is 124 Å². The van der Waals surface area contributed by atoms with Crippen LogP contribution in [0.3, 0.4) is 0 Å². The molecule has 1 N–H and O–H groups in total. The van der Waals surface area contributed by atoms with Gasteiger partial charge in [-0.05, 0) is 188 Å². The third kappa shape index (κ3) is 29.1. The maximum absolute atomic E-state index is 13.4. The fourth-order valence-corrected chi connectivity index (χ4v) is 14.4. The highest BCUT2D eigenvalue weighted by Gasteiger charge is 2.37. The van der Waals surface area contributed by atoms with Crippen molar-refractivity contribution in [3.8, 4) is 23.0 Å². The van der Waals surface area contributed by atoms with Crippen molar-refractivity contribution in [3.05, 3.63) is 44.5 Å². The predicted octanol–water partition coefficient (Wildman–Crippen LogP) is 17.9. The fraction of sp³-hybridized carbons (Fsp3) is 0.803. The van der Waals surface area contributed by atoms with Gasteiger partial charge < -0.3 is 47.7 Å². The number of rotatable bonds is 44. The van der Waals surface area contributed by atoms with Gasteiger partial charge in [0.1, 0.15) is 34.2 Å². The molecular weight excluding hydrogens is 1180 g/mol. The molecule has 15 nitrogen and oxygen atoms in total. The summed E-state index contributed by atoms with van der Waals surface area (Å²) in [6.45, 7) is 38.4. The molecule has 4 rings (SSSR count). The second-order valence-electron chi connectivity index (χ2n) is 30.9. The van der Waals surface area contributed by atoms with Gasteiger partial charge >= 0.3 is 12.3 Å². The number of nitrogens with one attached hydrogen (secondary N) is 1. The molecule has 0 fully saturated rings. The quantitative estimate of drug-likeness (QED) is 0.0218. The highest BCUT2D eigenvalue weighted by molar-refractivity contribution is 7.85. The average Bonchev–Trinajstić information content (AvgIpc) is 0.772. The van der Waals surface area contributed by atoms with Crippen LogP contribution in [0, 0.1) is 77.0 Å². The van der Waals surface area contributed by atoms with Gasteiger partial charge in [0.25, 0.3) is 0 Å². The molecular formula is C76H131N3O12S. The molecule has 528 valence electrons. The van der Waals surface area contributed by atoms with E-state index in [4.69, 9.17) is 28.4 Å². The number of quaternary nitrogens is 1. The lowest BCUT2D eigenvalue weighted by molar-refractivity contribution is -0.889. The van der Waals surface area contributed by atoms with Gasteiger partial charge in [-0.15, -0.1) is 0 Å². The third-order valence-corrected chi connectivity index (χ3v) is 21.4. The molecule has 2 heterocycles. The van der Waals surface area contributed by atoms with Gasteiger partial charge in [-0.3, -0.25) is 4.79 Å². The fourth-order valence-electron chi connectivity index (χ4n) is 13.9. The normalized spacial score (nSPS) is 18.0. The molecule has 2 aliphatic heterocycles. The van der Waals surface area contributed by atoms with Gasteiger partial charge in [0.15, 0.2) is 0 Å². The standard InChI is InChI=1S/C76H131N3O12S/c1-54(2)28-19-30-56(5)32-21-34-58(7)36-23-41-75(15)43-38-66-64(13)69(60(9)62(11)71(66)90-75)88-73(81)86-51-25-46-78(48-40-68(80)77-45-50-79(17,18)49-27-53-92(83,84)85)47-26-52-87-74(82)89-70-61(10)63(12)72-67(65(70)14)39-44-76(16,91-72)42-24-37-59(8)35-22-33-57(6)31-20-29-55(3)4/h54-59H,19-53H2,1-18H3,(H-,77,80,83,84,85)/t56-,57-,58-,59-,75-,76-/m1/s1. The molecule has 0 saturated heterocycles. The minimum Gasteiger partial charge on any atom is -0.748 e. The molecule has 0 radical (unpaired) electrons. The first kappa shape index (κ1) is 80.3. The second kappa shape index (κ2) is 39.2. The molecule has 6 atom stereocenters. The third-order valence-electron chi connectivity index (χ3n) is 20.6. The molecule has 2 aromatic rings. The van der Waals surface area contributed by atoms with Gasteiger partial charge in [0.2, 0.25) is 5.91 Å². The number of amides is 1. The van der Waals surface area contributed by atoms with Crippen molar-refractivity contribution < 1.29 is 60.3 Å². The largest absolute Gasteiger partial charge is 0.748 e. The Morgan fingerprint density at radius 3 is 1.29 bits per heavy atom. The van der Waals surface area contributed by atoms with Crippen molar-refractivity contribution in [3.63, 3.8) is 0 Å². The Labute approximate surface area is 560 Å². The van der Waals surface area contributed by atoms with Crippen LogP contribution >= 0.6 is 0 Å². The Kier molecular flexibility index (Phi) is 34.2. The molecule has 2 aromatic carbocycles. The smallest absolute Gasteiger partial charge is 0.513 e. The Balaban J connectivity index is 1.29. The molecule has 0 unspecified atom stereocenters. The summed E-state index contributed by atoms with van der Waals surface area (Å²) < 4.78 is 71.0. The van der Waals surface area contributed by atoms with Crippen molar-refractivity contribution in [2.45, 2.75) is 289 Å². The predicted molar refractivity (Wildman–Crippen MR) is 374 cm³/mol. The number of benzene rings is 2. The summed E-state index contributed by atoms with van der Waals surface area (Å²) in [5.74, 6) is 6.89. The van der Waals surface area contributed by atoms with Gasteiger partial charge in [-0.1, -0.05) is 145 Å². The Bertz CT molecular complexity index is 2560. The molecule has 0 aliphatic carbocycles. The van der Waals surface area contributed by atoms with Crippen LogP contribution < -0.4 is 24.3 Å². The SMILES string of the molecule is Cc1c(C)c2c(c(C)c1OC(=O)OCCCN(CCCOC(=O)Oc1c(C)c(C)c3c(c1C)CC[C@@](C)(CCC[C@H](C)CCC[C@H](C)CCCC(C)C)O3)CCC(=O)NCC[N+](C)(C)CCCS(=O)(=O)[O-])CC[C@@](C)(CCC[C@H](C)CCC[C@H](C)CCCC(C)C)O2. The van der Waals surface area contributed by atoms with Crippen LogP contribution in [-0.2, 0) is 37.2 Å². The van der Waals surface area contributed by atoms with Crippen molar-refractivity contribution >= 4 is 28.3 Å². The van der Waals surface area contributed by atoms with E-state index in [-0.39, 0.29) is 43.2 Å². The van der Waals surface area contributed by atoms with Crippen molar-refractivity contribution in [1.82, 2.24) is 10.2 Å². The second-order valence-corrected chi connectivity index (χ2v) is 32.4. The molecule has 92 heavy (non-hydrogen) atoms. The number of hydrogen-bond donors (Lipinski definition) is 1. The lowest BCUT2D eigenvalue weighted by Gasteiger charge is -2.38. The maximum Gasteiger partial charge on any atom is 0.513 e. The first-order valence-electron chi connectivity index (χ1n) is 36.3. The van der Waals surface area contributed by atoms with Crippen molar-refractivity contribution in [2.75, 3.05) is 72.3 Å². The van der Waals surface area contributed by atoms with E-state index in [9.17, 15) is 27.4 Å². The van der Waals surface area contributed by atoms with E-state index >= 15 is 0 Å². The number of ether oxygens (including phenoxy) is 6. The van der Waals surface area contributed by atoms with Gasteiger partial charge in [-0.2, -0.15) is 0 Å². The highest BCUT2D eigenvalue weighted by Crippen LogP contribution is 2.47. The molecule has 0 saturated carbocycles. The Morgan fingerprint density at radius 1 is 0.533 bits per heavy atom. The molecule has 2 aliphatic rings. The van der Waals surface area contributed by atoms with Crippen LogP contribution in [0.25, 0.3) is 0 Å². The lowest BCUT2D eigenvalue weighted by atomic mass is 9.83. The minimum absolute atomic E-state index is 0.0889. The Morgan fingerprint density at radius 2 is 0.913 bits per heavy atom. The summed E-state index contributed by atoms with van der Waals surface area (Å²) in [6.07, 6.45) is 25.8. The average molecular weight is 1310 g/mol. The van der Waals surface area contributed by atoms with E-state index in [0.717, 1.165) is 131 Å². The van der Waals surface area contributed by atoms with Crippen molar-refractivity contribution in [1.29, 1.82) is 0 Å². The van der Waals surface area contributed by atoms with E-state index in [1.807, 2.05) is 55.6 Å². The lowest BCUT2D eigenvalue weighted by Crippen LogP contribution is -2.46. The van der Waals surface area contributed by atoms with Crippen LogP contribution in [0.15, 0.2) is 0 Å². The molecule has 0 aromatic heterocycles. The van der Waals surface area contributed by atoms with Crippen LogP contribution in [0.1, 0.15) is 268 Å². The van der Waals surface area contributed by atoms with E-state index in [1.165, 1.54) is 89.9 Å². The summed E-state index contributed by atoms with van der Waals surface area (Å²) in [5.41, 5.74) is 7.10.